The summed E-state index contributed by atoms with van der Waals surface area (Å²) in [5.41, 5.74) is 1.23. The van der Waals surface area contributed by atoms with Crippen molar-refractivity contribution in [3.63, 3.8) is 0 Å². The summed E-state index contributed by atoms with van der Waals surface area (Å²) in [6.07, 6.45) is 4.75. The van der Waals surface area contributed by atoms with Gasteiger partial charge < -0.3 is 24.6 Å². The minimum Gasteiger partial charge on any atom is -0.493 e. The molecule has 0 unspecified atom stereocenters. The van der Waals surface area contributed by atoms with E-state index in [4.69, 9.17) is 14.5 Å². The lowest BCUT2D eigenvalue weighted by atomic mass is 9.94. The average Bonchev–Trinajstić information content (AvgIpc) is 2.77. The molecule has 30 heavy (non-hydrogen) atoms. The molecule has 0 saturated carbocycles. The highest BCUT2D eigenvalue weighted by atomic mass is 127. The molecule has 2 rings (SSSR count). The summed E-state index contributed by atoms with van der Waals surface area (Å²) in [7, 11) is 5.45. The van der Waals surface area contributed by atoms with Crippen molar-refractivity contribution in [1.82, 2.24) is 15.1 Å². The number of rotatable bonds is 10. The van der Waals surface area contributed by atoms with Crippen LogP contribution in [0.15, 0.2) is 23.2 Å². The Morgan fingerprint density at radius 3 is 2.47 bits per heavy atom. The van der Waals surface area contributed by atoms with Gasteiger partial charge in [-0.3, -0.25) is 4.99 Å². The van der Waals surface area contributed by atoms with Crippen LogP contribution in [0.5, 0.6) is 11.5 Å². The maximum absolute atomic E-state index is 5.42. The number of ether oxygens (including phenoxy) is 2. The summed E-state index contributed by atoms with van der Waals surface area (Å²) in [5.74, 6) is 3.37. The normalized spacial score (nSPS) is 15.4. The molecule has 6 nitrogen and oxygen atoms in total. The first-order valence-electron chi connectivity index (χ1n) is 11.0. The molecule has 1 aliphatic rings. The van der Waals surface area contributed by atoms with Crippen LogP contribution in [-0.4, -0.2) is 76.3 Å². The molecule has 1 heterocycles. The molecule has 0 radical (unpaired) electrons. The van der Waals surface area contributed by atoms with Crippen LogP contribution in [0.2, 0.25) is 0 Å². The van der Waals surface area contributed by atoms with Gasteiger partial charge in [0.15, 0.2) is 17.5 Å². The second-order valence-electron chi connectivity index (χ2n) is 7.76. The maximum Gasteiger partial charge on any atom is 0.193 e. The number of guanidine groups is 1. The molecule has 0 aromatic heterocycles. The van der Waals surface area contributed by atoms with Crippen molar-refractivity contribution < 1.29 is 9.47 Å². The summed E-state index contributed by atoms with van der Waals surface area (Å²) in [6.45, 7) is 10.7. The molecule has 1 saturated heterocycles. The number of likely N-dealkylation sites (tertiary alicyclic amines) is 1. The summed E-state index contributed by atoms with van der Waals surface area (Å²) in [5, 5.41) is 3.44. The van der Waals surface area contributed by atoms with E-state index in [1.54, 1.807) is 14.2 Å². The first-order chi connectivity index (χ1) is 14.1. The minimum absolute atomic E-state index is 0. The number of nitrogens with zero attached hydrogens (tertiary/aromatic N) is 3. The van der Waals surface area contributed by atoms with Gasteiger partial charge in [-0.05, 0) is 75.9 Å². The van der Waals surface area contributed by atoms with Gasteiger partial charge in [-0.15, -0.1) is 24.0 Å². The van der Waals surface area contributed by atoms with Crippen molar-refractivity contribution >= 4 is 29.9 Å². The number of halogens is 1. The second kappa shape index (κ2) is 14.7. The van der Waals surface area contributed by atoms with Crippen LogP contribution in [-0.2, 0) is 6.42 Å². The van der Waals surface area contributed by atoms with Crippen molar-refractivity contribution in [1.29, 1.82) is 0 Å². The van der Waals surface area contributed by atoms with Crippen LogP contribution >= 0.6 is 24.0 Å². The van der Waals surface area contributed by atoms with Gasteiger partial charge in [0.25, 0.3) is 0 Å². The summed E-state index contributed by atoms with van der Waals surface area (Å²) < 4.78 is 10.7. The topological polar surface area (TPSA) is 49.3 Å². The lowest BCUT2D eigenvalue weighted by Gasteiger charge is -2.30. The largest absolute Gasteiger partial charge is 0.493 e. The molecule has 172 valence electrons. The van der Waals surface area contributed by atoms with Gasteiger partial charge in [-0.2, -0.15) is 0 Å². The van der Waals surface area contributed by atoms with E-state index >= 15 is 0 Å². The van der Waals surface area contributed by atoms with Crippen LogP contribution < -0.4 is 14.8 Å². The number of benzene rings is 1. The number of likely N-dealkylation sites (N-methyl/N-ethyl adjacent to an activating group) is 1. The van der Waals surface area contributed by atoms with Crippen LogP contribution in [0, 0.1) is 5.92 Å². The first kappa shape index (κ1) is 26.8. The lowest BCUT2D eigenvalue weighted by molar-refractivity contribution is 0.188. The minimum atomic E-state index is 0. The summed E-state index contributed by atoms with van der Waals surface area (Å²) in [4.78, 5) is 9.66. The van der Waals surface area contributed by atoms with E-state index in [0.717, 1.165) is 49.4 Å². The van der Waals surface area contributed by atoms with Gasteiger partial charge in [-0.1, -0.05) is 13.0 Å². The van der Waals surface area contributed by atoms with Gasteiger partial charge in [0, 0.05) is 26.7 Å². The lowest BCUT2D eigenvalue weighted by Crippen LogP contribution is -2.40. The molecule has 7 heteroatoms. The Kier molecular flexibility index (Phi) is 13.2. The van der Waals surface area contributed by atoms with Crippen molar-refractivity contribution in [3.8, 4) is 11.5 Å². The van der Waals surface area contributed by atoms with Crippen LogP contribution in [0.1, 0.15) is 38.7 Å². The van der Waals surface area contributed by atoms with E-state index in [-0.39, 0.29) is 24.0 Å². The van der Waals surface area contributed by atoms with Gasteiger partial charge in [0.05, 0.1) is 14.2 Å². The highest BCUT2D eigenvalue weighted by molar-refractivity contribution is 14.0. The maximum atomic E-state index is 5.42. The number of aliphatic imine (C=N–C) groups is 1. The van der Waals surface area contributed by atoms with Crippen LogP contribution in [0.4, 0.5) is 0 Å². The molecule has 0 spiro atoms. The van der Waals surface area contributed by atoms with Crippen molar-refractivity contribution in [2.45, 2.75) is 39.5 Å². The van der Waals surface area contributed by atoms with Gasteiger partial charge in [0.1, 0.15) is 0 Å². The molecule has 1 N–H and O–H groups in total. The highest BCUT2D eigenvalue weighted by Gasteiger charge is 2.17. The predicted octanol–water partition coefficient (Wildman–Crippen LogP) is 3.88. The molecule has 1 aliphatic heterocycles. The Bertz CT molecular complexity index is 634. The Labute approximate surface area is 200 Å². The van der Waals surface area contributed by atoms with Crippen molar-refractivity contribution in [3.05, 3.63) is 23.8 Å². The van der Waals surface area contributed by atoms with Crippen LogP contribution in [0.3, 0.4) is 0 Å². The number of methoxy groups -OCH3 is 2. The Balaban J connectivity index is 0.00000450. The Morgan fingerprint density at radius 2 is 1.87 bits per heavy atom. The number of nitrogens with one attached hydrogen (secondary N) is 1. The van der Waals surface area contributed by atoms with E-state index in [1.807, 2.05) is 6.07 Å². The van der Waals surface area contributed by atoms with Gasteiger partial charge >= 0.3 is 0 Å². The molecule has 0 atom stereocenters. The molecule has 1 fully saturated rings. The Morgan fingerprint density at radius 1 is 1.17 bits per heavy atom. The Hall–Kier alpha value is -1.22. The van der Waals surface area contributed by atoms with Crippen LogP contribution in [0.25, 0.3) is 0 Å². The van der Waals surface area contributed by atoms with E-state index in [9.17, 15) is 0 Å². The van der Waals surface area contributed by atoms with Crippen molar-refractivity contribution in [2.24, 2.45) is 10.9 Å². The third-order valence-corrected chi connectivity index (χ3v) is 5.83. The molecule has 0 aliphatic carbocycles. The van der Waals surface area contributed by atoms with E-state index in [2.05, 4.69) is 48.1 Å². The molecule has 1 aromatic rings. The third-order valence-electron chi connectivity index (χ3n) is 5.83. The molecule has 1 aromatic carbocycles. The molecule has 0 amide bonds. The smallest absolute Gasteiger partial charge is 0.193 e. The quantitative estimate of drug-likeness (QED) is 0.282. The fourth-order valence-electron chi connectivity index (χ4n) is 3.85. The average molecular weight is 533 g/mol. The SMILES string of the molecule is CCNC(=NCCC1CCN(CC)CC1)N(C)CCc1ccc(OC)c(OC)c1.I. The fraction of sp³-hybridized carbons (Fsp3) is 0.696. The first-order valence-corrected chi connectivity index (χ1v) is 11.0. The van der Waals surface area contributed by atoms with Gasteiger partial charge in [0.2, 0.25) is 0 Å². The van der Waals surface area contributed by atoms with E-state index in [0.29, 0.717) is 0 Å². The zero-order valence-corrected chi connectivity index (χ0v) is 21.8. The molecular formula is C23H41IN4O2. The van der Waals surface area contributed by atoms with Crippen molar-refractivity contribution in [2.75, 3.05) is 60.5 Å². The molecule has 0 bridgehead atoms. The molecular weight excluding hydrogens is 491 g/mol. The standard InChI is InChI=1S/C23H40N4O2.HI/c1-6-24-23(25-14-10-19-12-16-27(7-2)17-13-19)26(3)15-11-20-8-9-21(28-4)22(18-20)29-5;/h8-9,18-19H,6-7,10-17H2,1-5H3,(H,24,25);1H. The zero-order chi connectivity index (χ0) is 21.1. The number of piperidine rings is 1. The summed E-state index contributed by atoms with van der Waals surface area (Å²) in [6, 6.07) is 6.12. The third kappa shape index (κ3) is 8.49. The zero-order valence-electron chi connectivity index (χ0n) is 19.4. The van der Waals surface area contributed by atoms with E-state index in [1.165, 1.54) is 44.5 Å². The number of hydrogen-bond donors (Lipinski definition) is 1. The van der Waals surface area contributed by atoms with E-state index < -0.39 is 0 Å². The predicted molar refractivity (Wildman–Crippen MR) is 137 cm³/mol. The fourth-order valence-corrected chi connectivity index (χ4v) is 3.85. The number of hydrogen-bond acceptors (Lipinski definition) is 4. The van der Waals surface area contributed by atoms with Gasteiger partial charge in [-0.25, -0.2) is 0 Å². The second-order valence-corrected chi connectivity index (χ2v) is 7.76. The highest BCUT2D eigenvalue weighted by Crippen LogP contribution is 2.27. The summed E-state index contributed by atoms with van der Waals surface area (Å²) >= 11 is 0. The monoisotopic (exact) mass is 532 g/mol.